The Kier molecular flexibility index (Phi) is 5.22. The lowest BCUT2D eigenvalue weighted by atomic mass is 10.1. The van der Waals surface area contributed by atoms with Crippen molar-refractivity contribution in [2.45, 2.75) is 32.4 Å². The predicted octanol–water partition coefficient (Wildman–Crippen LogP) is 2.05. The molecule has 1 atom stereocenters. The molecule has 0 fully saturated rings. The van der Waals surface area contributed by atoms with Crippen LogP contribution in [-0.4, -0.2) is 23.9 Å². The van der Waals surface area contributed by atoms with Gasteiger partial charge in [0.1, 0.15) is 0 Å². The number of rotatable bonds is 5. The molecule has 0 saturated carbocycles. The van der Waals surface area contributed by atoms with Crippen LogP contribution in [0.1, 0.15) is 25.3 Å². The summed E-state index contributed by atoms with van der Waals surface area (Å²) < 4.78 is 25.8. The highest BCUT2D eigenvalue weighted by atomic mass is 19.2. The average Bonchev–Trinajstić information content (AvgIpc) is 2.33. The van der Waals surface area contributed by atoms with E-state index in [4.69, 9.17) is 5.73 Å². The molecule has 5 heteroatoms. The number of hydrogen-bond acceptors (Lipinski definition) is 2. The third kappa shape index (κ3) is 3.77. The number of carbonyl (C=O) groups is 1. The van der Waals surface area contributed by atoms with Gasteiger partial charge in [-0.2, -0.15) is 0 Å². The Morgan fingerprint density at radius 3 is 2.61 bits per heavy atom. The smallest absolute Gasteiger partial charge is 0.239 e. The molecule has 0 spiro atoms. The molecule has 0 aromatic heterocycles. The van der Waals surface area contributed by atoms with Gasteiger partial charge in [-0.15, -0.1) is 0 Å². The summed E-state index contributed by atoms with van der Waals surface area (Å²) in [7, 11) is 1.60. The summed E-state index contributed by atoms with van der Waals surface area (Å²) in [6.45, 7) is 2.16. The predicted molar refractivity (Wildman–Crippen MR) is 65.7 cm³/mol. The van der Waals surface area contributed by atoms with Gasteiger partial charge in [0.15, 0.2) is 11.6 Å². The molecule has 100 valence electrons. The fourth-order valence-electron chi connectivity index (χ4n) is 1.71. The molecule has 3 nitrogen and oxygen atoms in total. The van der Waals surface area contributed by atoms with Crippen molar-refractivity contribution in [3.05, 3.63) is 35.4 Å². The van der Waals surface area contributed by atoms with E-state index in [1.165, 1.54) is 11.0 Å². The van der Waals surface area contributed by atoms with Crippen molar-refractivity contribution < 1.29 is 13.6 Å². The van der Waals surface area contributed by atoms with E-state index in [1.807, 2.05) is 6.92 Å². The first-order valence-corrected chi connectivity index (χ1v) is 5.90. The molecule has 2 N–H and O–H groups in total. The van der Waals surface area contributed by atoms with Crippen molar-refractivity contribution >= 4 is 5.91 Å². The van der Waals surface area contributed by atoms with E-state index in [9.17, 15) is 13.6 Å². The molecule has 0 aliphatic carbocycles. The minimum atomic E-state index is -0.911. The molecule has 0 aliphatic heterocycles. The third-order valence-corrected chi connectivity index (χ3v) is 2.70. The monoisotopic (exact) mass is 256 g/mol. The van der Waals surface area contributed by atoms with Crippen molar-refractivity contribution in [2.24, 2.45) is 5.73 Å². The van der Waals surface area contributed by atoms with E-state index in [2.05, 4.69) is 0 Å². The summed E-state index contributed by atoms with van der Waals surface area (Å²) in [6, 6.07) is 3.05. The van der Waals surface area contributed by atoms with E-state index in [0.717, 1.165) is 18.6 Å². The number of halogens is 2. The summed E-state index contributed by atoms with van der Waals surface area (Å²) in [5.41, 5.74) is 6.25. The van der Waals surface area contributed by atoms with Gasteiger partial charge < -0.3 is 10.6 Å². The minimum absolute atomic E-state index is 0.193. The van der Waals surface area contributed by atoms with Crippen LogP contribution in [0.3, 0.4) is 0 Å². The molecule has 1 aromatic rings. The summed E-state index contributed by atoms with van der Waals surface area (Å²) in [5.74, 6) is -2.00. The fraction of sp³-hybridized carbons (Fsp3) is 0.462. The molecule has 0 unspecified atom stereocenters. The molecule has 0 heterocycles. The molecular weight excluding hydrogens is 238 g/mol. The van der Waals surface area contributed by atoms with Crippen LogP contribution in [0.15, 0.2) is 18.2 Å². The highest BCUT2D eigenvalue weighted by molar-refractivity contribution is 5.81. The maximum atomic E-state index is 13.0. The van der Waals surface area contributed by atoms with Crippen molar-refractivity contribution in [3.8, 4) is 0 Å². The Balaban J connectivity index is 2.66. The zero-order valence-corrected chi connectivity index (χ0v) is 10.6. The number of likely N-dealkylation sites (N-methyl/N-ethyl adjacent to an activating group) is 1. The quantitative estimate of drug-likeness (QED) is 0.876. The molecular formula is C13H18F2N2O. The van der Waals surface area contributed by atoms with Gasteiger partial charge in [0.05, 0.1) is 6.04 Å². The van der Waals surface area contributed by atoms with E-state index in [-0.39, 0.29) is 12.5 Å². The summed E-state index contributed by atoms with van der Waals surface area (Å²) in [5, 5.41) is 0. The van der Waals surface area contributed by atoms with Crippen LogP contribution in [0, 0.1) is 11.6 Å². The zero-order valence-electron chi connectivity index (χ0n) is 10.6. The Morgan fingerprint density at radius 1 is 1.39 bits per heavy atom. The number of carbonyl (C=O) groups excluding carboxylic acids is 1. The number of amides is 1. The second-order valence-corrected chi connectivity index (χ2v) is 4.34. The van der Waals surface area contributed by atoms with Crippen LogP contribution in [-0.2, 0) is 11.3 Å². The van der Waals surface area contributed by atoms with Gasteiger partial charge in [-0.3, -0.25) is 4.79 Å². The van der Waals surface area contributed by atoms with Crippen molar-refractivity contribution in [3.63, 3.8) is 0 Å². The average molecular weight is 256 g/mol. The van der Waals surface area contributed by atoms with Gasteiger partial charge in [0.2, 0.25) is 5.91 Å². The van der Waals surface area contributed by atoms with Crippen LogP contribution in [0.5, 0.6) is 0 Å². The van der Waals surface area contributed by atoms with Crippen LogP contribution in [0.25, 0.3) is 0 Å². The third-order valence-electron chi connectivity index (χ3n) is 2.70. The molecule has 1 rings (SSSR count). The fourth-order valence-corrected chi connectivity index (χ4v) is 1.71. The Bertz CT molecular complexity index is 423. The molecule has 0 bridgehead atoms. The van der Waals surface area contributed by atoms with Gasteiger partial charge in [0.25, 0.3) is 0 Å². The van der Waals surface area contributed by atoms with Gasteiger partial charge in [0, 0.05) is 13.6 Å². The van der Waals surface area contributed by atoms with Gasteiger partial charge in [-0.05, 0) is 24.1 Å². The number of nitrogens with two attached hydrogens (primary N) is 1. The largest absolute Gasteiger partial charge is 0.340 e. The van der Waals surface area contributed by atoms with E-state index in [0.29, 0.717) is 12.0 Å². The Labute approximate surface area is 106 Å². The molecule has 0 aliphatic rings. The highest BCUT2D eigenvalue weighted by Gasteiger charge is 2.17. The summed E-state index contributed by atoms with van der Waals surface area (Å²) in [6.07, 6.45) is 1.44. The maximum Gasteiger partial charge on any atom is 0.239 e. The first-order chi connectivity index (χ1) is 8.45. The van der Waals surface area contributed by atoms with E-state index < -0.39 is 17.7 Å². The lowest BCUT2D eigenvalue weighted by Crippen LogP contribution is -2.41. The van der Waals surface area contributed by atoms with Crippen molar-refractivity contribution in [1.29, 1.82) is 0 Å². The first kappa shape index (κ1) is 14.6. The molecule has 18 heavy (non-hydrogen) atoms. The summed E-state index contributed by atoms with van der Waals surface area (Å²) in [4.78, 5) is 13.2. The van der Waals surface area contributed by atoms with Crippen molar-refractivity contribution in [1.82, 2.24) is 4.90 Å². The van der Waals surface area contributed by atoms with Crippen LogP contribution >= 0.6 is 0 Å². The van der Waals surface area contributed by atoms with Gasteiger partial charge in [-0.1, -0.05) is 19.4 Å². The first-order valence-electron chi connectivity index (χ1n) is 5.90. The lowest BCUT2D eigenvalue weighted by Gasteiger charge is -2.21. The highest BCUT2D eigenvalue weighted by Crippen LogP contribution is 2.11. The molecule has 0 saturated heterocycles. The SMILES string of the molecule is CCC[C@H](N)C(=O)N(C)Cc1ccc(F)c(F)c1. The standard InChI is InChI=1S/C13H18F2N2O/c1-3-4-12(16)13(18)17(2)8-9-5-6-10(14)11(15)7-9/h5-7,12H,3-4,8,16H2,1-2H3/t12-/m0/s1. The maximum absolute atomic E-state index is 13.0. The zero-order chi connectivity index (χ0) is 13.7. The normalized spacial score (nSPS) is 12.3. The molecule has 1 amide bonds. The second kappa shape index (κ2) is 6.44. The topological polar surface area (TPSA) is 46.3 Å². The number of benzene rings is 1. The summed E-state index contributed by atoms with van der Waals surface area (Å²) >= 11 is 0. The Hall–Kier alpha value is -1.49. The van der Waals surface area contributed by atoms with E-state index in [1.54, 1.807) is 7.05 Å². The number of hydrogen-bond donors (Lipinski definition) is 1. The van der Waals surface area contributed by atoms with Gasteiger partial charge in [-0.25, -0.2) is 8.78 Å². The van der Waals surface area contributed by atoms with Gasteiger partial charge >= 0.3 is 0 Å². The van der Waals surface area contributed by atoms with Crippen molar-refractivity contribution in [2.75, 3.05) is 7.05 Å². The van der Waals surface area contributed by atoms with Crippen LogP contribution < -0.4 is 5.73 Å². The second-order valence-electron chi connectivity index (χ2n) is 4.34. The molecule has 1 aromatic carbocycles. The number of nitrogens with zero attached hydrogens (tertiary/aromatic N) is 1. The minimum Gasteiger partial charge on any atom is -0.340 e. The van der Waals surface area contributed by atoms with Crippen LogP contribution in [0.2, 0.25) is 0 Å². The lowest BCUT2D eigenvalue weighted by molar-refractivity contribution is -0.132. The van der Waals surface area contributed by atoms with Crippen LogP contribution in [0.4, 0.5) is 8.78 Å². The molecule has 0 radical (unpaired) electrons. The van der Waals surface area contributed by atoms with E-state index >= 15 is 0 Å². The Morgan fingerprint density at radius 2 is 2.06 bits per heavy atom.